The van der Waals surface area contributed by atoms with E-state index in [4.69, 9.17) is 5.73 Å². The van der Waals surface area contributed by atoms with Crippen molar-refractivity contribution < 1.29 is 4.79 Å². The zero-order valence-corrected chi connectivity index (χ0v) is 12.3. The summed E-state index contributed by atoms with van der Waals surface area (Å²) in [6.45, 7) is 4.41. The number of carbonyl (C=O) groups is 1. The number of nitrogens with zero attached hydrogens (tertiary/aromatic N) is 1. The number of hydrogen-bond acceptors (Lipinski definition) is 3. The molecule has 1 amide bonds. The van der Waals surface area contributed by atoms with Gasteiger partial charge in [0.25, 0.3) is 0 Å². The Morgan fingerprint density at radius 1 is 1.30 bits per heavy atom. The molecule has 0 aromatic heterocycles. The zero-order valence-electron chi connectivity index (χ0n) is 12.3. The highest BCUT2D eigenvalue weighted by Gasteiger charge is 2.23. The molecular formula is C16H25N3O. The van der Waals surface area contributed by atoms with E-state index >= 15 is 0 Å². The van der Waals surface area contributed by atoms with Gasteiger partial charge in [-0.1, -0.05) is 17.7 Å². The lowest BCUT2D eigenvalue weighted by atomic mass is 10.2. The first-order chi connectivity index (χ1) is 9.69. The van der Waals surface area contributed by atoms with Gasteiger partial charge in [0.15, 0.2) is 0 Å². The summed E-state index contributed by atoms with van der Waals surface area (Å²) in [5.41, 5.74) is 8.02. The van der Waals surface area contributed by atoms with Gasteiger partial charge in [-0.25, -0.2) is 0 Å². The maximum Gasteiger partial charge on any atom is 0.221 e. The van der Waals surface area contributed by atoms with E-state index in [0.29, 0.717) is 19.0 Å². The Kier molecular flexibility index (Phi) is 5.41. The molecule has 2 rings (SSSR count). The van der Waals surface area contributed by atoms with Crippen LogP contribution in [0.2, 0.25) is 0 Å². The van der Waals surface area contributed by atoms with Crippen LogP contribution in [-0.4, -0.2) is 31.6 Å². The van der Waals surface area contributed by atoms with E-state index in [-0.39, 0.29) is 5.91 Å². The normalized spacial score (nSPS) is 14.1. The van der Waals surface area contributed by atoms with Gasteiger partial charge in [-0.3, -0.25) is 4.79 Å². The van der Waals surface area contributed by atoms with Gasteiger partial charge in [0.1, 0.15) is 0 Å². The largest absolute Gasteiger partial charge is 0.371 e. The molecule has 0 atom stereocenters. The van der Waals surface area contributed by atoms with E-state index in [9.17, 15) is 4.79 Å². The fraction of sp³-hybridized carbons (Fsp3) is 0.562. The predicted molar refractivity (Wildman–Crippen MR) is 82.8 cm³/mol. The third-order valence-corrected chi connectivity index (χ3v) is 3.58. The lowest BCUT2D eigenvalue weighted by Crippen LogP contribution is -2.33. The van der Waals surface area contributed by atoms with Gasteiger partial charge in [0, 0.05) is 31.2 Å². The number of benzene rings is 1. The summed E-state index contributed by atoms with van der Waals surface area (Å²) in [6.07, 6.45) is 3.77. The SMILES string of the molecule is Cc1ccc(N(CCCN)CCC(=O)NC2CC2)cc1. The molecule has 0 heterocycles. The number of amides is 1. The van der Waals surface area contributed by atoms with Crippen molar-refractivity contribution >= 4 is 11.6 Å². The van der Waals surface area contributed by atoms with Gasteiger partial charge in [-0.15, -0.1) is 0 Å². The van der Waals surface area contributed by atoms with Crippen molar-refractivity contribution in [1.82, 2.24) is 5.32 Å². The molecule has 1 fully saturated rings. The number of hydrogen-bond donors (Lipinski definition) is 2. The standard InChI is InChI=1S/C16H25N3O/c1-13-3-7-15(8-4-13)19(11-2-10-17)12-9-16(20)18-14-5-6-14/h3-4,7-8,14H,2,5-6,9-12,17H2,1H3,(H,18,20). The van der Waals surface area contributed by atoms with Crippen LogP contribution in [0.1, 0.15) is 31.2 Å². The van der Waals surface area contributed by atoms with Crippen LogP contribution in [0.5, 0.6) is 0 Å². The van der Waals surface area contributed by atoms with Gasteiger partial charge in [-0.05, 0) is 44.9 Å². The van der Waals surface area contributed by atoms with Crippen LogP contribution in [-0.2, 0) is 4.79 Å². The molecule has 4 heteroatoms. The van der Waals surface area contributed by atoms with Gasteiger partial charge in [0.05, 0.1) is 0 Å². The molecule has 110 valence electrons. The number of anilines is 1. The topological polar surface area (TPSA) is 58.4 Å². The van der Waals surface area contributed by atoms with Crippen LogP contribution < -0.4 is 16.0 Å². The molecule has 0 saturated heterocycles. The number of nitrogens with one attached hydrogen (secondary N) is 1. The second-order valence-corrected chi connectivity index (χ2v) is 5.56. The quantitative estimate of drug-likeness (QED) is 0.761. The number of carbonyl (C=O) groups excluding carboxylic acids is 1. The molecule has 1 aromatic rings. The predicted octanol–water partition coefficient (Wildman–Crippen LogP) is 1.82. The summed E-state index contributed by atoms with van der Waals surface area (Å²) < 4.78 is 0. The molecule has 0 radical (unpaired) electrons. The summed E-state index contributed by atoms with van der Waals surface area (Å²) in [4.78, 5) is 14.0. The second kappa shape index (κ2) is 7.29. The minimum atomic E-state index is 0.164. The first-order valence-electron chi connectivity index (χ1n) is 7.50. The Bertz CT molecular complexity index is 426. The van der Waals surface area contributed by atoms with Gasteiger partial charge < -0.3 is 16.0 Å². The Morgan fingerprint density at radius 3 is 2.60 bits per heavy atom. The maximum absolute atomic E-state index is 11.8. The van der Waals surface area contributed by atoms with Crippen molar-refractivity contribution in [1.29, 1.82) is 0 Å². The van der Waals surface area contributed by atoms with E-state index in [1.54, 1.807) is 0 Å². The van der Waals surface area contributed by atoms with Crippen LogP contribution >= 0.6 is 0 Å². The lowest BCUT2D eigenvalue weighted by Gasteiger charge is -2.24. The Morgan fingerprint density at radius 2 is 2.00 bits per heavy atom. The minimum Gasteiger partial charge on any atom is -0.371 e. The van der Waals surface area contributed by atoms with Crippen LogP contribution in [0, 0.1) is 6.92 Å². The zero-order chi connectivity index (χ0) is 14.4. The van der Waals surface area contributed by atoms with Crippen molar-refractivity contribution in [3.05, 3.63) is 29.8 Å². The highest BCUT2D eigenvalue weighted by Crippen LogP contribution is 2.19. The third kappa shape index (κ3) is 4.85. The summed E-state index contributed by atoms with van der Waals surface area (Å²) in [5, 5.41) is 3.04. The molecular weight excluding hydrogens is 250 g/mol. The van der Waals surface area contributed by atoms with Crippen molar-refractivity contribution in [3.63, 3.8) is 0 Å². The molecule has 0 bridgehead atoms. The monoisotopic (exact) mass is 275 g/mol. The minimum absolute atomic E-state index is 0.164. The molecule has 4 nitrogen and oxygen atoms in total. The van der Waals surface area contributed by atoms with Gasteiger partial charge in [-0.2, -0.15) is 0 Å². The Labute approximate surface area is 121 Å². The summed E-state index contributed by atoms with van der Waals surface area (Å²) in [6, 6.07) is 8.89. The number of nitrogens with two attached hydrogens (primary N) is 1. The van der Waals surface area contributed by atoms with Crippen molar-refractivity contribution in [2.75, 3.05) is 24.5 Å². The smallest absolute Gasteiger partial charge is 0.221 e. The number of rotatable bonds is 8. The molecule has 0 unspecified atom stereocenters. The average molecular weight is 275 g/mol. The van der Waals surface area contributed by atoms with Gasteiger partial charge >= 0.3 is 0 Å². The third-order valence-electron chi connectivity index (χ3n) is 3.58. The van der Waals surface area contributed by atoms with Crippen LogP contribution in [0.4, 0.5) is 5.69 Å². The van der Waals surface area contributed by atoms with E-state index in [1.807, 2.05) is 0 Å². The second-order valence-electron chi connectivity index (χ2n) is 5.56. The molecule has 1 aromatic carbocycles. The first-order valence-corrected chi connectivity index (χ1v) is 7.50. The maximum atomic E-state index is 11.8. The Balaban J connectivity index is 1.88. The fourth-order valence-electron chi connectivity index (χ4n) is 2.17. The molecule has 1 aliphatic carbocycles. The van der Waals surface area contributed by atoms with E-state index in [1.165, 1.54) is 11.3 Å². The van der Waals surface area contributed by atoms with Crippen molar-refractivity contribution in [2.45, 2.75) is 38.6 Å². The van der Waals surface area contributed by atoms with Crippen LogP contribution in [0.3, 0.4) is 0 Å². The summed E-state index contributed by atoms with van der Waals surface area (Å²) in [7, 11) is 0. The molecule has 3 N–H and O–H groups in total. The van der Waals surface area contributed by atoms with Gasteiger partial charge in [0.2, 0.25) is 5.91 Å². The lowest BCUT2D eigenvalue weighted by molar-refractivity contribution is -0.121. The van der Waals surface area contributed by atoms with Crippen LogP contribution in [0.15, 0.2) is 24.3 Å². The van der Waals surface area contributed by atoms with Crippen LogP contribution in [0.25, 0.3) is 0 Å². The first kappa shape index (κ1) is 14.9. The van der Waals surface area contributed by atoms with Crippen molar-refractivity contribution in [3.8, 4) is 0 Å². The summed E-state index contributed by atoms with van der Waals surface area (Å²) >= 11 is 0. The Hall–Kier alpha value is -1.55. The molecule has 1 aliphatic rings. The molecule has 0 aliphatic heterocycles. The van der Waals surface area contributed by atoms with Crippen molar-refractivity contribution in [2.24, 2.45) is 5.73 Å². The van der Waals surface area contributed by atoms with E-state index < -0.39 is 0 Å². The molecule has 0 spiro atoms. The fourth-order valence-corrected chi connectivity index (χ4v) is 2.17. The molecule has 20 heavy (non-hydrogen) atoms. The highest BCUT2D eigenvalue weighted by molar-refractivity contribution is 5.77. The average Bonchev–Trinajstić information content (AvgIpc) is 3.24. The number of aryl methyl sites for hydroxylation is 1. The molecule has 1 saturated carbocycles. The van der Waals surface area contributed by atoms with E-state index in [2.05, 4.69) is 41.4 Å². The van der Waals surface area contributed by atoms with E-state index in [0.717, 1.165) is 32.4 Å². The summed E-state index contributed by atoms with van der Waals surface area (Å²) in [5.74, 6) is 0.164. The highest BCUT2D eigenvalue weighted by atomic mass is 16.1.